The number of hydrogen-bond acceptors (Lipinski definition) is 3. The van der Waals surface area contributed by atoms with E-state index in [1.54, 1.807) is 24.3 Å². The summed E-state index contributed by atoms with van der Waals surface area (Å²) in [6.45, 7) is 5.56. The number of benzene rings is 2. The lowest BCUT2D eigenvalue weighted by atomic mass is 10.2. The van der Waals surface area contributed by atoms with E-state index in [1.165, 1.54) is 0 Å². The largest absolute Gasteiger partial charge is 0.461 e. The fourth-order valence-corrected chi connectivity index (χ4v) is 4.15. The number of ether oxygens (including phenoxy) is 1. The van der Waals surface area contributed by atoms with Gasteiger partial charge in [0.2, 0.25) is 9.84 Å². The number of aryl methyl sites for hydroxylation is 2. The molecule has 1 heterocycles. The van der Waals surface area contributed by atoms with Crippen LogP contribution in [0.3, 0.4) is 0 Å². The molecule has 0 bridgehead atoms. The zero-order valence-electron chi connectivity index (χ0n) is 13.3. The fraction of sp³-hybridized carbons (Fsp3) is 0.158. The van der Waals surface area contributed by atoms with Crippen molar-refractivity contribution in [2.45, 2.75) is 30.6 Å². The van der Waals surface area contributed by atoms with Crippen LogP contribution >= 0.6 is 0 Å². The van der Waals surface area contributed by atoms with Crippen LogP contribution in [0.5, 0.6) is 5.75 Å². The summed E-state index contributed by atoms with van der Waals surface area (Å²) >= 11 is 0. The van der Waals surface area contributed by atoms with Crippen molar-refractivity contribution in [3.63, 3.8) is 0 Å². The van der Waals surface area contributed by atoms with Gasteiger partial charge >= 0.3 is 0 Å². The van der Waals surface area contributed by atoms with E-state index in [9.17, 15) is 8.42 Å². The lowest BCUT2D eigenvalue weighted by Crippen LogP contribution is -2.05. The molecule has 0 saturated carbocycles. The maximum absolute atomic E-state index is 13.0. The summed E-state index contributed by atoms with van der Waals surface area (Å²) in [5.74, 6) is 1.43. The first-order chi connectivity index (χ1) is 10.9. The molecule has 1 aliphatic rings. The first-order valence-electron chi connectivity index (χ1n) is 7.37. The summed E-state index contributed by atoms with van der Waals surface area (Å²) in [5, 5.41) is 0. The van der Waals surface area contributed by atoms with Crippen LogP contribution in [-0.4, -0.2) is 8.42 Å². The van der Waals surface area contributed by atoms with Crippen molar-refractivity contribution < 1.29 is 13.2 Å². The van der Waals surface area contributed by atoms with Gasteiger partial charge in [-0.1, -0.05) is 24.3 Å². The number of fused-ring (bicyclic) bond motifs is 1. The average Bonchev–Trinajstić information content (AvgIpc) is 2.69. The molecular formula is C19H18O3S. The van der Waals surface area contributed by atoms with Crippen LogP contribution in [0.25, 0.3) is 6.08 Å². The van der Waals surface area contributed by atoms with Crippen molar-refractivity contribution in [3.8, 4) is 5.75 Å². The highest BCUT2D eigenvalue weighted by atomic mass is 32.2. The number of allylic oxidation sites excluding steroid dienone is 3. The molecule has 0 unspecified atom stereocenters. The van der Waals surface area contributed by atoms with E-state index in [4.69, 9.17) is 4.74 Å². The second kappa shape index (κ2) is 5.70. The number of hydrogen-bond donors (Lipinski definition) is 0. The standard InChI is InChI=1S/C19H18O3S/c1-13-7-8-14(2)19(11-13)23(20,21)17-9-10-18-16(12-17)6-4-5-15(3)22-18/h4-12H,1-3H3. The van der Waals surface area contributed by atoms with Gasteiger partial charge in [0, 0.05) is 5.56 Å². The summed E-state index contributed by atoms with van der Waals surface area (Å²) in [6.07, 6.45) is 5.56. The van der Waals surface area contributed by atoms with E-state index >= 15 is 0 Å². The molecule has 0 spiro atoms. The molecule has 23 heavy (non-hydrogen) atoms. The average molecular weight is 326 g/mol. The smallest absolute Gasteiger partial charge is 0.206 e. The Morgan fingerprint density at radius 1 is 0.957 bits per heavy atom. The summed E-state index contributed by atoms with van der Waals surface area (Å²) in [7, 11) is -3.56. The van der Waals surface area contributed by atoms with E-state index in [-0.39, 0.29) is 4.90 Å². The molecule has 118 valence electrons. The summed E-state index contributed by atoms with van der Waals surface area (Å²) in [4.78, 5) is 0.628. The Morgan fingerprint density at radius 3 is 2.52 bits per heavy atom. The van der Waals surface area contributed by atoms with Crippen LogP contribution in [0.2, 0.25) is 0 Å². The predicted molar refractivity (Wildman–Crippen MR) is 91.2 cm³/mol. The van der Waals surface area contributed by atoms with Gasteiger partial charge < -0.3 is 4.74 Å². The summed E-state index contributed by atoms with van der Waals surface area (Å²) in [6, 6.07) is 10.4. The first-order valence-corrected chi connectivity index (χ1v) is 8.85. The van der Waals surface area contributed by atoms with Crippen LogP contribution in [0.1, 0.15) is 23.6 Å². The lowest BCUT2D eigenvalue weighted by Gasteiger charge is -2.12. The van der Waals surface area contributed by atoms with Crippen molar-refractivity contribution in [2.24, 2.45) is 0 Å². The summed E-state index contributed by atoms with van der Waals surface area (Å²) < 4.78 is 31.6. The maximum atomic E-state index is 13.0. The van der Waals surface area contributed by atoms with Crippen molar-refractivity contribution >= 4 is 15.9 Å². The summed E-state index contributed by atoms with van der Waals surface area (Å²) in [5.41, 5.74) is 2.42. The Kier molecular flexibility index (Phi) is 3.86. The van der Waals surface area contributed by atoms with E-state index in [2.05, 4.69) is 0 Å². The third kappa shape index (κ3) is 2.94. The molecule has 0 radical (unpaired) electrons. The van der Waals surface area contributed by atoms with Crippen molar-refractivity contribution in [3.05, 3.63) is 71.0 Å². The second-order valence-corrected chi connectivity index (χ2v) is 7.63. The first kappa shape index (κ1) is 15.6. The molecular weight excluding hydrogens is 308 g/mol. The minimum Gasteiger partial charge on any atom is -0.461 e. The molecule has 3 rings (SSSR count). The Morgan fingerprint density at radius 2 is 1.74 bits per heavy atom. The van der Waals surface area contributed by atoms with Gasteiger partial charge in [-0.3, -0.25) is 0 Å². The quantitative estimate of drug-likeness (QED) is 0.819. The number of sulfone groups is 1. The lowest BCUT2D eigenvalue weighted by molar-refractivity contribution is 0.427. The van der Waals surface area contributed by atoms with E-state index in [1.807, 2.05) is 51.1 Å². The maximum Gasteiger partial charge on any atom is 0.206 e. The molecule has 0 aromatic heterocycles. The van der Waals surface area contributed by atoms with Gasteiger partial charge in [-0.05, 0) is 62.2 Å². The normalized spacial score (nSPS) is 13.8. The third-order valence-corrected chi connectivity index (χ3v) is 5.70. The highest BCUT2D eigenvalue weighted by Gasteiger charge is 2.21. The molecule has 4 heteroatoms. The van der Waals surface area contributed by atoms with E-state index < -0.39 is 9.84 Å². The minimum absolute atomic E-state index is 0.276. The predicted octanol–water partition coefficient (Wildman–Crippen LogP) is 4.45. The third-order valence-electron chi connectivity index (χ3n) is 3.80. The van der Waals surface area contributed by atoms with Gasteiger partial charge in [-0.2, -0.15) is 0 Å². The highest BCUT2D eigenvalue weighted by molar-refractivity contribution is 7.91. The molecule has 2 aromatic rings. The van der Waals surface area contributed by atoms with Gasteiger partial charge in [0.1, 0.15) is 11.5 Å². The van der Waals surface area contributed by atoms with Gasteiger partial charge in [0.15, 0.2) is 0 Å². The minimum atomic E-state index is -3.56. The Hall–Kier alpha value is -2.33. The van der Waals surface area contributed by atoms with Crippen molar-refractivity contribution in [2.75, 3.05) is 0 Å². The van der Waals surface area contributed by atoms with Crippen LogP contribution in [0, 0.1) is 13.8 Å². The van der Waals surface area contributed by atoms with Crippen molar-refractivity contribution in [1.29, 1.82) is 0 Å². The number of rotatable bonds is 2. The fourth-order valence-electron chi connectivity index (χ4n) is 2.54. The van der Waals surface area contributed by atoms with E-state index in [0.717, 1.165) is 22.4 Å². The van der Waals surface area contributed by atoms with Crippen LogP contribution in [-0.2, 0) is 9.84 Å². The van der Waals surface area contributed by atoms with E-state index in [0.29, 0.717) is 10.6 Å². The molecule has 3 nitrogen and oxygen atoms in total. The molecule has 0 N–H and O–H groups in total. The van der Waals surface area contributed by atoms with Crippen LogP contribution < -0.4 is 4.74 Å². The monoisotopic (exact) mass is 326 g/mol. The van der Waals surface area contributed by atoms with Gasteiger partial charge in [0.05, 0.1) is 9.79 Å². The Balaban J connectivity index is 2.12. The highest BCUT2D eigenvalue weighted by Crippen LogP contribution is 2.31. The molecule has 0 amide bonds. The SMILES string of the molecule is CC1=CC=Cc2cc(S(=O)(=O)c3cc(C)ccc3C)ccc2O1. The van der Waals surface area contributed by atoms with Gasteiger partial charge in [-0.15, -0.1) is 0 Å². The van der Waals surface area contributed by atoms with Gasteiger partial charge in [-0.25, -0.2) is 8.42 Å². The topological polar surface area (TPSA) is 43.4 Å². The molecule has 0 aliphatic carbocycles. The van der Waals surface area contributed by atoms with Gasteiger partial charge in [0.25, 0.3) is 0 Å². The van der Waals surface area contributed by atoms with Crippen LogP contribution in [0.15, 0.2) is 64.1 Å². The molecule has 0 atom stereocenters. The van der Waals surface area contributed by atoms with Crippen molar-refractivity contribution in [1.82, 2.24) is 0 Å². The Bertz CT molecular complexity index is 935. The molecule has 0 fully saturated rings. The van der Waals surface area contributed by atoms with Crippen LogP contribution in [0.4, 0.5) is 0 Å². The second-order valence-electron chi connectivity index (χ2n) is 5.71. The molecule has 2 aromatic carbocycles. The zero-order valence-corrected chi connectivity index (χ0v) is 14.1. The molecule has 0 saturated heterocycles. The zero-order chi connectivity index (χ0) is 16.6. The Labute approximate surface area is 136 Å². The molecule has 1 aliphatic heterocycles.